The summed E-state index contributed by atoms with van der Waals surface area (Å²) < 4.78 is 26.6. The highest BCUT2D eigenvalue weighted by Gasteiger charge is 2.20. The first kappa shape index (κ1) is 23.4. The van der Waals surface area contributed by atoms with Gasteiger partial charge in [-0.1, -0.05) is 54.6 Å². The van der Waals surface area contributed by atoms with Crippen LogP contribution in [0.5, 0.6) is 0 Å². The summed E-state index contributed by atoms with van der Waals surface area (Å²) in [5.74, 6) is -1.66. The molecule has 0 bridgehead atoms. The summed E-state index contributed by atoms with van der Waals surface area (Å²) in [5.41, 5.74) is 4.52. The van der Waals surface area contributed by atoms with Crippen LogP contribution < -0.4 is 10.6 Å². The summed E-state index contributed by atoms with van der Waals surface area (Å²) in [4.78, 5) is 26.2. The number of amides is 3. The van der Waals surface area contributed by atoms with Crippen molar-refractivity contribution in [3.8, 4) is 11.1 Å². The molecule has 1 aliphatic heterocycles. The molecule has 1 atom stereocenters. The van der Waals surface area contributed by atoms with Crippen molar-refractivity contribution in [3.63, 3.8) is 0 Å². The molecule has 1 fully saturated rings. The van der Waals surface area contributed by atoms with Crippen LogP contribution in [-0.4, -0.2) is 23.4 Å². The second kappa shape index (κ2) is 10.5. The van der Waals surface area contributed by atoms with Crippen LogP contribution in [0.2, 0.25) is 0 Å². The lowest BCUT2D eigenvalue weighted by molar-refractivity contribution is -0.128. The molecule has 0 aromatic heterocycles. The fourth-order valence-corrected chi connectivity index (χ4v) is 4.13. The number of urea groups is 1. The molecule has 1 saturated heterocycles. The molecule has 0 saturated carbocycles. The largest absolute Gasteiger partial charge is 0.338 e. The molecule has 1 unspecified atom stereocenters. The molecule has 0 radical (unpaired) electrons. The fraction of sp³-hybridized carbons (Fsp3) is 0.259. The van der Waals surface area contributed by atoms with E-state index >= 15 is 0 Å². The van der Waals surface area contributed by atoms with Gasteiger partial charge >= 0.3 is 6.03 Å². The summed E-state index contributed by atoms with van der Waals surface area (Å²) in [6, 6.07) is 18.6. The lowest BCUT2D eigenvalue weighted by Crippen LogP contribution is -2.36. The van der Waals surface area contributed by atoms with Crippen molar-refractivity contribution in [2.75, 3.05) is 6.54 Å². The Morgan fingerprint density at radius 1 is 1.03 bits per heavy atom. The number of carbonyl (C=O) groups is 2. The molecule has 1 heterocycles. The zero-order valence-corrected chi connectivity index (χ0v) is 19.0. The number of hydrogen-bond acceptors (Lipinski definition) is 2. The van der Waals surface area contributed by atoms with Crippen molar-refractivity contribution in [2.24, 2.45) is 0 Å². The van der Waals surface area contributed by atoms with E-state index in [4.69, 9.17) is 0 Å². The molecule has 3 aromatic rings. The van der Waals surface area contributed by atoms with Gasteiger partial charge in [0.05, 0.1) is 6.04 Å². The normalized spacial score (nSPS) is 14.2. The number of likely N-dealkylation sites (tertiary alicyclic amines) is 1. The molecule has 176 valence electrons. The van der Waals surface area contributed by atoms with Crippen LogP contribution >= 0.6 is 0 Å². The van der Waals surface area contributed by atoms with E-state index in [1.165, 1.54) is 6.07 Å². The average molecular weight is 464 g/mol. The SMILES string of the molecule is CC(NC(=O)NCc1ccccc1-c1ccc(CN2CCCC2=O)cc1)c1ccc(F)c(F)c1. The summed E-state index contributed by atoms with van der Waals surface area (Å²) in [5, 5.41) is 5.58. The Labute approximate surface area is 197 Å². The Hall–Kier alpha value is -3.74. The van der Waals surface area contributed by atoms with Gasteiger partial charge in [0.1, 0.15) is 0 Å². The van der Waals surface area contributed by atoms with Gasteiger partial charge in [0.15, 0.2) is 11.6 Å². The molecule has 7 heteroatoms. The molecule has 4 rings (SSSR count). The van der Waals surface area contributed by atoms with Crippen LogP contribution in [0.1, 0.15) is 42.5 Å². The van der Waals surface area contributed by atoms with Crippen LogP contribution in [0.15, 0.2) is 66.7 Å². The Bertz CT molecular complexity index is 1180. The second-order valence-electron chi connectivity index (χ2n) is 8.50. The van der Waals surface area contributed by atoms with E-state index in [0.29, 0.717) is 25.1 Å². The smallest absolute Gasteiger partial charge is 0.315 e. The minimum Gasteiger partial charge on any atom is -0.338 e. The maximum Gasteiger partial charge on any atom is 0.315 e. The number of benzene rings is 3. The van der Waals surface area contributed by atoms with Crippen molar-refractivity contribution >= 4 is 11.9 Å². The second-order valence-corrected chi connectivity index (χ2v) is 8.50. The van der Waals surface area contributed by atoms with E-state index in [2.05, 4.69) is 10.6 Å². The number of carbonyl (C=O) groups excluding carboxylic acids is 2. The highest BCUT2D eigenvalue weighted by Crippen LogP contribution is 2.25. The average Bonchev–Trinajstić information content (AvgIpc) is 3.24. The highest BCUT2D eigenvalue weighted by atomic mass is 19.2. The predicted octanol–water partition coefficient (Wildman–Crippen LogP) is 5.31. The lowest BCUT2D eigenvalue weighted by Gasteiger charge is -2.17. The van der Waals surface area contributed by atoms with Crippen LogP contribution in [0.4, 0.5) is 13.6 Å². The lowest BCUT2D eigenvalue weighted by atomic mass is 9.98. The maximum atomic E-state index is 13.5. The Morgan fingerprint density at radius 2 is 1.79 bits per heavy atom. The van der Waals surface area contributed by atoms with E-state index in [-0.39, 0.29) is 5.91 Å². The summed E-state index contributed by atoms with van der Waals surface area (Å²) in [7, 11) is 0. The van der Waals surface area contributed by atoms with Gasteiger partial charge in [-0.25, -0.2) is 13.6 Å². The third-order valence-electron chi connectivity index (χ3n) is 6.06. The van der Waals surface area contributed by atoms with Crippen LogP contribution in [-0.2, 0) is 17.9 Å². The van der Waals surface area contributed by atoms with Crippen LogP contribution in [0.25, 0.3) is 11.1 Å². The molecule has 0 spiro atoms. The third-order valence-corrected chi connectivity index (χ3v) is 6.06. The molecule has 34 heavy (non-hydrogen) atoms. The van der Waals surface area contributed by atoms with E-state index in [1.807, 2.05) is 53.4 Å². The quantitative estimate of drug-likeness (QED) is 0.499. The maximum absolute atomic E-state index is 13.5. The van der Waals surface area contributed by atoms with Crippen molar-refractivity contribution in [2.45, 2.75) is 38.9 Å². The molecule has 3 aromatic carbocycles. The number of rotatable bonds is 7. The minimum absolute atomic E-state index is 0.206. The van der Waals surface area contributed by atoms with Gasteiger partial charge in [-0.15, -0.1) is 0 Å². The molecule has 3 amide bonds. The standard InChI is InChI=1S/C27H27F2N3O2/c1-18(21-12-13-24(28)25(29)15-21)31-27(34)30-16-22-5-2-3-6-23(22)20-10-8-19(9-11-20)17-32-14-4-7-26(32)33/h2-3,5-6,8-13,15,18H,4,7,14,16-17H2,1H3,(H2,30,31,34). The highest BCUT2D eigenvalue weighted by molar-refractivity contribution is 5.78. The zero-order chi connectivity index (χ0) is 24.1. The van der Waals surface area contributed by atoms with Gasteiger partial charge in [0.25, 0.3) is 0 Å². The number of hydrogen-bond donors (Lipinski definition) is 2. The van der Waals surface area contributed by atoms with Crippen molar-refractivity contribution in [1.29, 1.82) is 0 Å². The Balaban J connectivity index is 1.38. The van der Waals surface area contributed by atoms with Crippen LogP contribution in [0.3, 0.4) is 0 Å². The molecule has 1 aliphatic rings. The van der Waals surface area contributed by atoms with Gasteiger partial charge in [-0.2, -0.15) is 0 Å². The van der Waals surface area contributed by atoms with Gasteiger partial charge in [-0.05, 0) is 53.3 Å². The number of nitrogens with zero attached hydrogens (tertiary/aromatic N) is 1. The third kappa shape index (κ3) is 5.60. The molecular formula is C27H27F2N3O2. The van der Waals surface area contributed by atoms with Gasteiger partial charge in [-0.3, -0.25) is 4.79 Å². The first-order valence-corrected chi connectivity index (χ1v) is 11.3. The molecule has 2 N–H and O–H groups in total. The Morgan fingerprint density at radius 3 is 2.50 bits per heavy atom. The fourth-order valence-electron chi connectivity index (χ4n) is 4.13. The van der Waals surface area contributed by atoms with Gasteiger partial charge < -0.3 is 15.5 Å². The zero-order valence-electron chi connectivity index (χ0n) is 19.0. The van der Waals surface area contributed by atoms with Gasteiger partial charge in [0.2, 0.25) is 5.91 Å². The van der Waals surface area contributed by atoms with E-state index in [0.717, 1.165) is 47.4 Å². The van der Waals surface area contributed by atoms with Gasteiger partial charge in [0, 0.05) is 26.1 Å². The van der Waals surface area contributed by atoms with Crippen LogP contribution in [0, 0.1) is 11.6 Å². The van der Waals surface area contributed by atoms with Crippen molar-refractivity contribution in [1.82, 2.24) is 15.5 Å². The van der Waals surface area contributed by atoms with E-state index in [1.54, 1.807) is 6.92 Å². The molecule has 0 aliphatic carbocycles. The number of halogens is 2. The summed E-state index contributed by atoms with van der Waals surface area (Å²) in [6.45, 7) is 3.44. The summed E-state index contributed by atoms with van der Waals surface area (Å²) >= 11 is 0. The topological polar surface area (TPSA) is 61.4 Å². The van der Waals surface area contributed by atoms with E-state index < -0.39 is 23.7 Å². The van der Waals surface area contributed by atoms with E-state index in [9.17, 15) is 18.4 Å². The molecule has 5 nitrogen and oxygen atoms in total. The minimum atomic E-state index is -0.946. The first-order valence-electron chi connectivity index (χ1n) is 11.3. The number of nitrogens with one attached hydrogen (secondary N) is 2. The summed E-state index contributed by atoms with van der Waals surface area (Å²) in [6.07, 6.45) is 1.55. The predicted molar refractivity (Wildman–Crippen MR) is 127 cm³/mol. The monoisotopic (exact) mass is 463 g/mol. The molecular weight excluding hydrogens is 436 g/mol. The Kier molecular flexibility index (Phi) is 7.21. The van der Waals surface area contributed by atoms with Crippen molar-refractivity contribution < 1.29 is 18.4 Å². The van der Waals surface area contributed by atoms with Crippen molar-refractivity contribution in [3.05, 3.63) is 95.1 Å². The first-order chi connectivity index (χ1) is 16.4.